The van der Waals surface area contributed by atoms with E-state index in [0.717, 1.165) is 0 Å². The van der Waals surface area contributed by atoms with Gasteiger partial charge in [-0.3, -0.25) is 0 Å². The van der Waals surface area contributed by atoms with Crippen LogP contribution >= 0.6 is 0 Å². The number of aryl methyl sites for hydroxylation is 1. The topological polar surface area (TPSA) is 81.2 Å². The minimum atomic E-state index is -3.51. The molecule has 0 spiro atoms. The average Bonchev–Trinajstić information content (AvgIpc) is 2.83. The van der Waals surface area contributed by atoms with E-state index in [9.17, 15) is 8.42 Å². The van der Waals surface area contributed by atoms with E-state index in [4.69, 9.17) is 5.73 Å². The van der Waals surface area contributed by atoms with Gasteiger partial charge in [-0.1, -0.05) is 13.8 Å². The second-order valence-electron chi connectivity index (χ2n) is 4.94. The second kappa shape index (κ2) is 7.02. The maximum atomic E-state index is 12.5. The van der Waals surface area contributed by atoms with Gasteiger partial charge in [0.1, 0.15) is 0 Å². The molecule has 1 aromatic rings. The Hall–Kier alpha value is -0.920. The molecule has 0 amide bonds. The minimum absolute atomic E-state index is 0.118. The van der Waals surface area contributed by atoms with E-state index in [2.05, 4.69) is 4.98 Å². The summed E-state index contributed by atoms with van der Waals surface area (Å²) in [6.45, 7) is 8.05. The van der Waals surface area contributed by atoms with Crippen molar-refractivity contribution < 1.29 is 8.42 Å². The smallest absolute Gasteiger partial charge is 0.262 e. The summed E-state index contributed by atoms with van der Waals surface area (Å²) in [6, 6.07) is 0. The summed E-state index contributed by atoms with van der Waals surface area (Å²) in [6.07, 6.45) is 3.77. The van der Waals surface area contributed by atoms with Gasteiger partial charge in [0, 0.05) is 25.8 Å². The Labute approximate surface area is 115 Å². The molecule has 19 heavy (non-hydrogen) atoms. The maximum absolute atomic E-state index is 12.5. The molecule has 0 aliphatic heterocycles. The zero-order valence-electron chi connectivity index (χ0n) is 11.9. The van der Waals surface area contributed by atoms with Crippen molar-refractivity contribution in [2.24, 2.45) is 11.7 Å². The van der Waals surface area contributed by atoms with Crippen LogP contribution in [0.25, 0.3) is 0 Å². The van der Waals surface area contributed by atoms with Gasteiger partial charge in [0.05, 0.1) is 6.33 Å². The molecule has 0 saturated carbocycles. The van der Waals surface area contributed by atoms with Gasteiger partial charge in [-0.25, -0.2) is 13.4 Å². The Morgan fingerprint density at radius 1 is 1.47 bits per heavy atom. The fraction of sp³-hybridized carbons (Fsp3) is 0.750. The third kappa shape index (κ3) is 4.29. The minimum Gasteiger partial charge on any atom is -0.336 e. The lowest BCUT2D eigenvalue weighted by atomic mass is 10.2. The maximum Gasteiger partial charge on any atom is 0.262 e. The highest BCUT2D eigenvalue weighted by molar-refractivity contribution is 7.89. The van der Waals surface area contributed by atoms with Gasteiger partial charge in [-0.05, 0) is 25.8 Å². The first-order valence-corrected chi connectivity index (χ1v) is 8.07. The van der Waals surface area contributed by atoms with Crippen LogP contribution in [0.1, 0.15) is 27.2 Å². The summed E-state index contributed by atoms with van der Waals surface area (Å²) in [4.78, 5) is 4.00. The van der Waals surface area contributed by atoms with Crippen LogP contribution < -0.4 is 5.73 Å². The number of hydrogen-bond acceptors (Lipinski definition) is 4. The van der Waals surface area contributed by atoms with Gasteiger partial charge in [-0.15, -0.1) is 0 Å². The molecule has 110 valence electrons. The monoisotopic (exact) mass is 288 g/mol. The van der Waals surface area contributed by atoms with Crippen molar-refractivity contribution in [2.75, 3.05) is 19.6 Å². The molecule has 0 atom stereocenters. The summed E-state index contributed by atoms with van der Waals surface area (Å²) in [5, 5.41) is 0.118. The molecule has 1 aromatic heterocycles. The van der Waals surface area contributed by atoms with Gasteiger partial charge >= 0.3 is 0 Å². The lowest BCUT2D eigenvalue weighted by Crippen LogP contribution is -2.36. The Morgan fingerprint density at radius 2 is 2.16 bits per heavy atom. The largest absolute Gasteiger partial charge is 0.336 e. The van der Waals surface area contributed by atoms with E-state index < -0.39 is 10.0 Å². The molecule has 1 heterocycles. The van der Waals surface area contributed by atoms with E-state index in [1.807, 2.05) is 20.8 Å². The summed E-state index contributed by atoms with van der Waals surface area (Å²) in [7, 11) is -3.51. The Balaban J connectivity index is 2.96. The average molecular weight is 288 g/mol. The standard InChI is InChI=1S/C12H24N4O2S/c1-4-15-9-12(14-10-15)19(17,18)16(7-5-6-13)8-11(2)3/h9-11H,4-8,13H2,1-3H3. The molecule has 0 aliphatic carbocycles. The van der Waals surface area contributed by atoms with Crippen molar-refractivity contribution in [3.8, 4) is 0 Å². The van der Waals surface area contributed by atoms with Crippen LogP contribution in [0, 0.1) is 5.92 Å². The molecule has 0 unspecified atom stereocenters. The van der Waals surface area contributed by atoms with Crippen molar-refractivity contribution in [3.63, 3.8) is 0 Å². The number of nitrogens with zero attached hydrogens (tertiary/aromatic N) is 3. The Morgan fingerprint density at radius 3 is 2.63 bits per heavy atom. The molecule has 0 bridgehead atoms. The molecule has 0 aromatic carbocycles. The molecule has 0 aliphatic rings. The first-order chi connectivity index (χ1) is 8.91. The highest BCUT2D eigenvalue weighted by Crippen LogP contribution is 2.15. The van der Waals surface area contributed by atoms with Crippen LogP contribution in [0.3, 0.4) is 0 Å². The molecule has 0 radical (unpaired) electrons. The van der Waals surface area contributed by atoms with Crippen molar-refractivity contribution in [3.05, 3.63) is 12.5 Å². The summed E-state index contributed by atoms with van der Waals surface area (Å²) in [5.41, 5.74) is 5.47. The molecule has 1 rings (SSSR count). The lowest BCUT2D eigenvalue weighted by Gasteiger charge is -2.22. The SMILES string of the molecule is CCn1cnc(S(=O)(=O)N(CCCN)CC(C)C)c1. The number of sulfonamides is 1. The number of imidazole rings is 1. The number of aromatic nitrogens is 2. The zero-order valence-corrected chi connectivity index (χ0v) is 12.7. The first kappa shape index (κ1) is 16.1. The molecule has 6 nitrogen and oxygen atoms in total. The van der Waals surface area contributed by atoms with E-state index >= 15 is 0 Å². The molecule has 0 fully saturated rings. The van der Waals surface area contributed by atoms with Gasteiger partial charge in [0.25, 0.3) is 10.0 Å². The van der Waals surface area contributed by atoms with Crippen LogP contribution in [0.5, 0.6) is 0 Å². The number of hydrogen-bond donors (Lipinski definition) is 1. The van der Waals surface area contributed by atoms with Crippen molar-refractivity contribution in [1.82, 2.24) is 13.9 Å². The first-order valence-electron chi connectivity index (χ1n) is 6.63. The highest BCUT2D eigenvalue weighted by atomic mass is 32.2. The third-order valence-electron chi connectivity index (χ3n) is 2.76. The van der Waals surface area contributed by atoms with Gasteiger partial charge in [0.2, 0.25) is 0 Å². The van der Waals surface area contributed by atoms with Crippen LogP contribution in [0.15, 0.2) is 17.6 Å². The van der Waals surface area contributed by atoms with Crippen molar-refractivity contribution >= 4 is 10.0 Å². The van der Waals surface area contributed by atoms with E-state index in [-0.39, 0.29) is 10.9 Å². The Bertz CT molecular complexity index is 482. The number of nitrogens with two attached hydrogens (primary N) is 1. The second-order valence-corrected chi connectivity index (χ2v) is 6.83. The molecular weight excluding hydrogens is 264 g/mol. The van der Waals surface area contributed by atoms with Gasteiger partial charge < -0.3 is 10.3 Å². The predicted molar refractivity (Wildman–Crippen MR) is 75.2 cm³/mol. The zero-order chi connectivity index (χ0) is 14.5. The quantitative estimate of drug-likeness (QED) is 0.770. The van der Waals surface area contributed by atoms with Gasteiger partial charge in [-0.2, -0.15) is 4.31 Å². The number of rotatable bonds is 8. The van der Waals surface area contributed by atoms with Gasteiger partial charge in [0.15, 0.2) is 5.03 Å². The van der Waals surface area contributed by atoms with Crippen LogP contribution in [-0.2, 0) is 16.6 Å². The molecular formula is C12H24N4O2S. The molecule has 7 heteroatoms. The third-order valence-corrected chi connectivity index (χ3v) is 4.51. The normalized spacial score (nSPS) is 12.5. The summed E-state index contributed by atoms with van der Waals surface area (Å²) in [5.74, 6) is 0.265. The molecule has 2 N–H and O–H groups in total. The van der Waals surface area contributed by atoms with Crippen LogP contribution in [0.4, 0.5) is 0 Å². The van der Waals surface area contributed by atoms with E-state index in [1.165, 1.54) is 4.31 Å². The van der Waals surface area contributed by atoms with Crippen LogP contribution in [0.2, 0.25) is 0 Å². The fourth-order valence-electron chi connectivity index (χ4n) is 1.76. The predicted octanol–water partition coefficient (Wildman–Crippen LogP) is 0.899. The Kier molecular flexibility index (Phi) is 5.96. The summed E-state index contributed by atoms with van der Waals surface area (Å²) < 4.78 is 28.3. The van der Waals surface area contributed by atoms with E-state index in [1.54, 1.807) is 17.1 Å². The van der Waals surface area contributed by atoms with Crippen molar-refractivity contribution in [2.45, 2.75) is 38.8 Å². The highest BCUT2D eigenvalue weighted by Gasteiger charge is 2.26. The fourth-order valence-corrected chi connectivity index (χ4v) is 3.34. The molecule has 0 saturated heterocycles. The van der Waals surface area contributed by atoms with Crippen molar-refractivity contribution in [1.29, 1.82) is 0 Å². The summed E-state index contributed by atoms with van der Waals surface area (Å²) >= 11 is 0. The van der Waals surface area contributed by atoms with E-state index in [0.29, 0.717) is 32.6 Å². The van der Waals surface area contributed by atoms with Crippen LogP contribution in [-0.4, -0.2) is 41.9 Å². The lowest BCUT2D eigenvalue weighted by molar-refractivity contribution is 0.363.